The summed E-state index contributed by atoms with van der Waals surface area (Å²) >= 11 is 0. The number of carbonyl (C=O) groups is 2. The van der Waals surface area contributed by atoms with Crippen molar-refractivity contribution in [1.29, 1.82) is 0 Å². The monoisotopic (exact) mass is 355 g/mol. The zero-order valence-electron chi connectivity index (χ0n) is 14.7. The van der Waals surface area contributed by atoms with E-state index in [0.29, 0.717) is 5.56 Å². The second-order valence-electron chi connectivity index (χ2n) is 6.04. The Morgan fingerprint density at radius 3 is 2.25 bits per heavy atom. The molecule has 2 N–H and O–H groups in total. The summed E-state index contributed by atoms with van der Waals surface area (Å²) in [4.78, 5) is 23.7. The number of amides is 2. The van der Waals surface area contributed by atoms with E-state index in [9.17, 15) is 18.0 Å². The molecule has 0 aromatic heterocycles. The van der Waals surface area contributed by atoms with Gasteiger partial charge in [0.25, 0.3) is 0 Å². The Morgan fingerprint density at radius 2 is 1.75 bits per heavy atom. The predicted octanol–water partition coefficient (Wildman–Crippen LogP) is 0.714. The van der Waals surface area contributed by atoms with Crippen LogP contribution in [0.2, 0.25) is 0 Å². The van der Waals surface area contributed by atoms with Crippen LogP contribution in [0.4, 0.5) is 0 Å². The topological polar surface area (TPSA) is 95.6 Å². The Labute approximate surface area is 143 Å². The van der Waals surface area contributed by atoms with Crippen LogP contribution in [-0.2, 0) is 26.2 Å². The van der Waals surface area contributed by atoms with Crippen LogP contribution in [0.1, 0.15) is 26.3 Å². The summed E-state index contributed by atoms with van der Waals surface area (Å²) in [5, 5.41) is 5.30. The average molecular weight is 355 g/mol. The van der Waals surface area contributed by atoms with E-state index in [2.05, 4.69) is 10.6 Å². The molecule has 7 nitrogen and oxygen atoms in total. The molecule has 0 aliphatic rings. The Kier molecular flexibility index (Phi) is 6.92. The van der Waals surface area contributed by atoms with Crippen LogP contribution in [0.3, 0.4) is 0 Å². The molecule has 0 fully saturated rings. The van der Waals surface area contributed by atoms with Crippen LogP contribution < -0.4 is 10.6 Å². The molecule has 1 rings (SSSR count). The molecular weight excluding hydrogens is 330 g/mol. The van der Waals surface area contributed by atoms with Crippen molar-refractivity contribution < 1.29 is 18.0 Å². The lowest BCUT2D eigenvalue weighted by atomic mass is 10.0. The minimum atomic E-state index is -3.60. The van der Waals surface area contributed by atoms with E-state index in [-0.39, 0.29) is 29.2 Å². The van der Waals surface area contributed by atoms with Gasteiger partial charge in [-0.1, -0.05) is 32.0 Å². The van der Waals surface area contributed by atoms with Gasteiger partial charge in [-0.2, -0.15) is 0 Å². The summed E-state index contributed by atoms with van der Waals surface area (Å²) in [5.41, 5.74) is 0.491. The van der Waals surface area contributed by atoms with Gasteiger partial charge in [-0.25, -0.2) is 12.7 Å². The SMILES string of the molecule is CC(=O)NC(C(=O)NCc1ccccc1S(=O)(=O)N(C)C)C(C)C. The average Bonchev–Trinajstić information content (AvgIpc) is 2.49. The third-order valence-electron chi connectivity index (χ3n) is 3.49. The Hall–Kier alpha value is -1.93. The molecule has 0 bridgehead atoms. The van der Waals surface area contributed by atoms with Gasteiger partial charge in [0, 0.05) is 27.6 Å². The van der Waals surface area contributed by atoms with Crippen LogP contribution in [0.5, 0.6) is 0 Å². The molecule has 1 atom stereocenters. The van der Waals surface area contributed by atoms with Crippen LogP contribution >= 0.6 is 0 Å². The van der Waals surface area contributed by atoms with Crippen molar-refractivity contribution in [1.82, 2.24) is 14.9 Å². The molecule has 0 aliphatic heterocycles. The number of benzene rings is 1. The van der Waals surface area contributed by atoms with Gasteiger partial charge in [0.05, 0.1) is 4.90 Å². The number of sulfonamides is 1. The summed E-state index contributed by atoms with van der Waals surface area (Å²) in [6, 6.07) is 5.84. The fourth-order valence-electron chi connectivity index (χ4n) is 2.14. The Balaban J connectivity index is 2.96. The molecular formula is C16H25N3O4S. The van der Waals surface area contributed by atoms with Gasteiger partial charge in [0.15, 0.2) is 0 Å². The van der Waals surface area contributed by atoms with Crippen molar-refractivity contribution in [3.8, 4) is 0 Å². The largest absolute Gasteiger partial charge is 0.350 e. The number of nitrogens with zero attached hydrogens (tertiary/aromatic N) is 1. The maximum atomic E-state index is 12.3. The number of carbonyl (C=O) groups excluding carboxylic acids is 2. The van der Waals surface area contributed by atoms with Gasteiger partial charge in [-0.3, -0.25) is 9.59 Å². The van der Waals surface area contributed by atoms with Crippen molar-refractivity contribution in [2.75, 3.05) is 14.1 Å². The van der Waals surface area contributed by atoms with Gasteiger partial charge in [0.2, 0.25) is 21.8 Å². The smallest absolute Gasteiger partial charge is 0.243 e. The van der Waals surface area contributed by atoms with Crippen molar-refractivity contribution in [3.63, 3.8) is 0 Å². The van der Waals surface area contributed by atoms with E-state index >= 15 is 0 Å². The first-order valence-electron chi connectivity index (χ1n) is 7.62. The lowest BCUT2D eigenvalue weighted by molar-refractivity contribution is -0.129. The van der Waals surface area contributed by atoms with Crippen molar-refractivity contribution >= 4 is 21.8 Å². The van der Waals surface area contributed by atoms with E-state index in [1.54, 1.807) is 18.2 Å². The first-order chi connectivity index (χ1) is 11.1. The molecule has 134 valence electrons. The van der Waals surface area contributed by atoms with E-state index < -0.39 is 16.1 Å². The summed E-state index contributed by atoms with van der Waals surface area (Å²) < 4.78 is 25.8. The highest BCUT2D eigenvalue weighted by Gasteiger charge is 2.24. The molecule has 2 amide bonds. The summed E-state index contributed by atoms with van der Waals surface area (Å²) in [7, 11) is -0.689. The minimum absolute atomic E-state index is 0.0604. The zero-order chi connectivity index (χ0) is 18.5. The second-order valence-corrected chi connectivity index (χ2v) is 8.16. The highest BCUT2D eigenvalue weighted by molar-refractivity contribution is 7.89. The Morgan fingerprint density at radius 1 is 1.17 bits per heavy atom. The van der Waals surface area contributed by atoms with E-state index in [4.69, 9.17) is 0 Å². The molecule has 1 unspecified atom stereocenters. The maximum Gasteiger partial charge on any atom is 0.243 e. The third-order valence-corrected chi connectivity index (χ3v) is 5.41. The van der Waals surface area contributed by atoms with Gasteiger partial charge in [-0.15, -0.1) is 0 Å². The number of nitrogens with one attached hydrogen (secondary N) is 2. The standard InChI is InChI=1S/C16H25N3O4S/c1-11(2)15(18-12(3)20)16(21)17-10-13-8-6-7-9-14(13)24(22,23)19(4)5/h6-9,11,15H,10H2,1-5H3,(H,17,21)(H,18,20). The zero-order valence-corrected chi connectivity index (χ0v) is 15.5. The molecule has 0 spiro atoms. The molecule has 24 heavy (non-hydrogen) atoms. The van der Waals surface area contributed by atoms with E-state index in [1.807, 2.05) is 13.8 Å². The van der Waals surface area contributed by atoms with Gasteiger partial charge in [0.1, 0.15) is 6.04 Å². The molecule has 0 heterocycles. The number of hydrogen-bond acceptors (Lipinski definition) is 4. The molecule has 0 saturated heterocycles. The normalized spacial score (nSPS) is 13.0. The van der Waals surface area contributed by atoms with Crippen LogP contribution in [0.15, 0.2) is 29.2 Å². The molecule has 1 aromatic rings. The maximum absolute atomic E-state index is 12.3. The number of rotatable bonds is 7. The van der Waals surface area contributed by atoms with Crippen LogP contribution in [0.25, 0.3) is 0 Å². The van der Waals surface area contributed by atoms with Crippen LogP contribution in [-0.4, -0.2) is 44.7 Å². The number of hydrogen-bond donors (Lipinski definition) is 2. The predicted molar refractivity (Wildman–Crippen MR) is 91.6 cm³/mol. The fourth-order valence-corrected chi connectivity index (χ4v) is 3.26. The molecule has 1 aromatic carbocycles. The molecule has 0 saturated carbocycles. The highest BCUT2D eigenvalue weighted by atomic mass is 32.2. The second kappa shape index (κ2) is 8.25. The van der Waals surface area contributed by atoms with E-state index in [0.717, 1.165) is 4.31 Å². The van der Waals surface area contributed by atoms with Gasteiger partial charge < -0.3 is 10.6 Å². The lowest BCUT2D eigenvalue weighted by Crippen LogP contribution is -2.48. The third kappa shape index (κ3) is 5.04. The van der Waals surface area contributed by atoms with Crippen LogP contribution in [0, 0.1) is 5.92 Å². The first kappa shape index (κ1) is 20.1. The molecule has 0 radical (unpaired) electrons. The van der Waals surface area contributed by atoms with Crippen molar-refractivity contribution in [3.05, 3.63) is 29.8 Å². The quantitative estimate of drug-likeness (QED) is 0.753. The van der Waals surface area contributed by atoms with Gasteiger partial charge in [-0.05, 0) is 17.5 Å². The fraction of sp³-hybridized carbons (Fsp3) is 0.500. The van der Waals surface area contributed by atoms with Gasteiger partial charge >= 0.3 is 0 Å². The van der Waals surface area contributed by atoms with Crippen molar-refractivity contribution in [2.45, 2.75) is 38.3 Å². The summed E-state index contributed by atoms with van der Waals surface area (Å²) in [6.07, 6.45) is 0. The summed E-state index contributed by atoms with van der Waals surface area (Å²) in [6.45, 7) is 5.06. The Bertz CT molecular complexity index is 699. The minimum Gasteiger partial charge on any atom is -0.350 e. The lowest BCUT2D eigenvalue weighted by Gasteiger charge is -2.21. The highest BCUT2D eigenvalue weighted by Crippen LogP contribution is 2.18. The molecule has 8 heteroatoms. The van der Waals surface area contributed by atoms with Crippen molar-refractivity contribution in [2.24, 2.45) is 5.92 Å². The first-order valence-corrected chi connectivity index (χ1v) is 9.06. The molecule has 0 aliphatic carbocycles. The van der Waals surface area contributed by atoms with E-state index in [1.165, 1.54) is 27.1 Å². The summed E-state index contributed by atoms with van der Waals surface area (Å²) in [5.74, 6) is -0.730.